The molecule has 0 spiro atoms. The number of halogens is 3. The molecule has 0 aromatic rings. The number of rotatable bonds is 4. The van der Waals surface area contributed by atoms with Gasteiger partial charge in [-0.3, -0.25) is 9.59 Å². The van der Waals surface area contributed by atoms with E-state index in [1.165, 1.54) is 27.7 Å². The highest BCUT2D eigenvalue weighted by atomic mass is 19.4. The molecule has 0 saturated heterocycles. The second-order valence-electron chi connectivity index (χ2n) is 5.71. The molecule has 1 amide bonds. The molecule has 0 aliphatic rings. The lowest BCUT2D eigenvalue weighted by molar-refractivity contribution is -0.189. The summed E-state index contributed by atoms with van der Waals surface area (Å²) in [5.41, 5.74) is -0.988. The molecule has 8 heteroatoms. The molecule has 0 aromatic carbocycles. The highest BCUT2D eigenvalue weighted by Crippen LogP contribution is 2.33. The highest BCUT2D eigenvalue weighted by Gasteiger charge is 2.56. The van der Waals surface area contributed by atoms with E-state index in [1.54, 1.807) is 0 Å². The van der Waals surface area contributed by atoms with E-state index in [4.69, 9.17) is 10.8 Å². The van der Waals surface area contributed by atoms with Crippen molar-refractivity contribution in [2.24, 2.45) is 11.1 Å². The maximum Gasteiger partial charge on any atom is 0.415 e. The first-order valence-corrected chi connectivity index (χ1v) is 5.49. The minimum Gasteiger partial charge on any atom is -0.481 e. The van der Waals surface area contributed by atoms with E-state index in [2.05, 4.69) is 5.32 Å². The Hall–Kier alpha value is -1.31. The van der Waals surface area contributed by atoms with Gasteiger partial charge in [0.15, 0.2) is 5.54 Å². The summed E-state index contributed by atoms with van der Waals surface area (Å²) in [5, 5.41) is 11.1. The van der Waals surface area contributed by atoms with Gasteiger partial charge in [0, 0.05) is 0 Å². The van der Waals surface area contributed by atoms with Crippen molar-refractivity contribution < 1.29 is 27.9 Å². The number of carbonyl (C=O) groups excluding carboxylic acids is 1. The summed E-state index contributed by atoms with van der Waals surface area (Å²) in [4.78, 5) is 22.7. The van der Waals surface area contributed by atoms with Gasteiger partial charge in [-0.05, 0) is 34.6 Å². The highest BCUT2D eigenvalue weighted by molar-refractivity contribution is 5.88. The van der Waals surface area contributed by atoms with Gasteiger partial charge in [-0.2, -0.15) is 13.2 Å². The third kappa shape index (κ3) is 3.17. The molecular weight excluding hydrogens is 265 g/mol. The van der Waals surface area contributed by atoms with Crippen LogP contribution in [0.5, 0.6) is 0 Å². The Morgan fingerprint density at radius 2 is 1.42 bits per heavy atom. The fourth-order valence-electron chi connectivity index (χ4n) is 0.966. The molecule has 0 aliphatic heterocycles. The number of carbonyl (C=O) groups is 2. The number of nitrogens with one attached hydrogen (secondary N) is 1. The van der Waals surface area contributed by atoms with Gasteiger partial charge in [0.05, 0.1) is 11.0 Å². The topological polar surface area (TPSA) is 92.4 Å². The first-order chi connectivity index (χ1) is 8.07. The molecule has 0 radical (unpaired) electrons. The number of aliphatic carboxylic acids is 1. The summed E-state index contributed by atoms with van der Waals surface area (Å²) < 4.78 is 37.8. The van der Waals surface area contributed by atoms with Crippen molar-refractivity contribution in [3.63, 3.8) is 0 Å². The number of nitrogens with two attached hydrogens (primary N) is 1. The van der Waals surface area contributed by atoms with Crippen LogP contribution in [0.25, 0.3) is 0 Å². The molecule has 0 heterocycles. The van der Waals surface area contributed by atoms with Gasteiger partial charge in [0.25, 0.3) is 0 Å². The number of hydrogen-bond donors (Lipinski definition) is 3. The average Bonchev–Trinajstić information content (AvgIpc) is 2.14. The van der Waals surface area contributed by atoms with E-state index in [1.807, 2.05) is 0 Å². The van der Waals surface area contributed by atoms with Crippen LogP contribution in [0.3, 0.4) is 0 Å². The lowest BCUT2D eigenvalue weighted by Gasteiger charge is -2.41. The van der Waals surface area contributed by atoms with Crippen molar-refractivity contribution in [1.82, 2.24) is 5.32 Å². The Morgan fingerprint density at radius 1 is 1.05 bits per heavy atom. The maximum atomic E-state index is 12.6. The summed E-state index contributed by atoms with van der Waals surface area (Å²) in [6.07, 6.45) is -4.93. The number of carboxylic acids is 1. The van der Waals surface area contributed by atoms with E-state index < -0.39 is 34.5 Å². The quantitative estimate of drug-likeness (QED) is 0.725. The summed E-state index contributed by atoms with van der Waals surface area (Å²) in [6, 6.07) is 0. The first kappa shape index (κ1) is 17.7. The van der Waals surface area contributed by atoms with Crippen molar-refractivity contribution in [2.75, 3.05) is 0 Å². The van der Waals surface area contributed by atoms with Crippen LogP contribution < -0.4 is 11.1 Å². The monoisotopic (exact) mass is 284 g/mol. The molecule has 112 valence electrons. The molecule has 0 fully saturated rings. The van der Waals surface area contributed by atoms with E-state index in [9.17, 15) is 22.8 Å². The van der Waals surface area contributed by atoms with Crippen LogP contribution in [-0.4, -0.2) is 34.2 Å². The van der Waals surface area contributed by atoms with Crippen LogP contribution in [-0.2, 0) is 9.59 Å². The average molecular weight is 284 g/mol. The van der Waals surface area contributed by atoms with Crippen molar-refractivity contribution in [3.8, 4) is 0 Å². The van der Waals surface area contributed by atoms with Crippen molar-refractivity contribution in [3.05, 3.63) is 0 Å². The van der Waals surface area contributed by atoms with Crippen LogP contribution in [0.15, 0.2) is 0 Å². The summed E-state index contributed by atoms with van der Waals surface area (Å²) >= 11 is 0. The zero-order valence-electron chi connectivity index (χ0n) is 11.5. The summed E-state index contributed by atoms with van der Waals surface area (Å²) in [5.74, 6) is -2.72. The molecule has 0 aliphatic carbocycles. The standard InChI is InChI=1S/C11H19F3N2O3/c1-8(2,7(18)19)9(3,4)16-6(17)10(5,15)11(12,13)14/h15H2,1-5H3,(H,16,17)(H,18,19). The molecular formula is C11H19F3N2O3. The molecule has 1 unspecified atom stereocenters. The Bertz CT molecular complexity index is 387. The van der Waals surface area contributed by atoms with Gasteiger partial charge in [0.2, 0.25) is 5.91 Å². The normalized spacial score (nSPS) is 16.7. The predicted octanol–water partition coefficient (Wildman–Crippen LogP) is 1.27. The van der Waals surface area contributed by atoms with Gasteiger partial charge in [-0.25, -0.2) is 0 Å². The van der Waals surface area contributed by atoms with Crippen molar-refractivity contribution in [1.29, 1.82) is 0 Å². The Kier molecular flexibility index (Phi) is 4.34. The Labute approximate surface area is 109 Å². The Morgan fingerprint density at radius 3 is 1.68 bits per heavy atom. The molecule has 0 rings (SSSR count). The van der Waals surface area contributed by atoms with E-state index in [0.717, 1.165) is 0 Å². The van der Waals surface area contributed by atoms with Gasteiger partial charge >= 0.3 is 12.1 Å². The van der Waals surface area contributed by atoms with Gasteiger partial charge in [-0.15, -0.1) is 0 Å². The number of carboxylic acid groups (broad SMARTS) is 1. The molecule has 1 atom stereocenters. The third-order valence-corrected chi connectivity index (χ3v) is 3.58. The lowest BCUT2D eigenvalue weighted by Crippen LogP contribution is -2.67. The largest absolute Gasteiger partial charge is 0.481 e. The van der Waals surface area contributed by atoms with E-state index in [-0.39, 0.29) is 0 Å². The van der Waals surface area contributed by atoms with Gasteiger partial charge in [0.1, 0.15) is 0 Å². The lowest BCUT2D eigenvalue weighted by atomic mass is 9.74. The predicted molar refractivity (Wildman–Crippen MR) is 62.3 cm³/mol. The van der Waals surface area contributed by atoms with E-state index >= 15 is 0 Å². The molecule has 0 bridgehead atoms. The molecule has 19 heavy (non-hydrogen) atoms. The van der Waals surface area contributed by atoms with Crippen LogP contribution in [0, 0.1) is 5.41 Å². The minimum atomic E-state index is -4.93. The molecule has 4 N–H and O–H groups in total. The van der Waals surface area contributed by atoms with Crippen molar-refractivity contribution in [2.45, 2.75) is 51.9 Å². The first-order valence-electron chi connectivity index (χ1n) is 5.49. The SMILES string of the molecule is CC(C)(NC(=O)C(C)(N)C(F)(F)F)C(C)(C)C(=O)O. The zero-order chi connectivity index (χ0) is 15.9. The van der Waals surface area contributed by atoms with Gasteiger partial charge < -0.3 is 16.2 Å². The number of hydrogen-bond acceptors (Lipinski definition) is 3. The molecule has 0 aromatic heterocycles. The smallest absolute Gasteiger partial charge is 0.415 e. The second-order valence-corrected chi connectivity index (χ2v) is 5.71. The van der Waals surface area contributed by atoms with Crippen LogP contribution in [0.1, 0.15) is 34.6 Å². The number of alkyl halides is 3. The zero-order valence-corrected chi connectivity index (χ0v) is 11.5. The molecule has 0 saturated carbocycles. The summed E-state index contributed by atoms with van der Waals surface area (Å²) in [7, 11) is 0. The van der Waals surface area contributed by atoms with E-state index in [0.29, 0.717) is 6.92 Å². The second kappa shape index (κ2) is 4.66. The maximum absolute atomic E-state index is 12.6. The van der Waals surface area contributed by atoms with Crippen LogP contribution in [0.4, 0.5) is 13.2 Å². The van der Waals surface area contributed by atoms with Crippen LogP contribution in [0.2, 0.25) is 0 Å². The summed E-state index contributed by atoms with van der Waals surface area (Å²) in [6.45, 7) is 5.79. The number of amides is 1. The van der Waals surface area contributed by atoms with Crippen LogP contribution >= 0.6 is 0 Å². The van der Waals surface area contributed by atoms with Gasteiger partial charge in [-0.1, -0.05) is 0 Å². The molecule has 5 nitrogen and oxygen atoms in total. The Balaban J connectivity index is 5.28. The van der Waals surface area contributed by atoms with Crippen molar-refractivity contribution >= 4 is 11.9 Å². The fourth-order valence-corrected chi connectivity index (χ4v) is 0.966. The fraction of sp³-hybridized carbons (Fsp3) is 0.818. The minimum absolute atomic E-state index is 0.534. The third-order valence-electron chi connectivity index (χ3n) is 3.58.